The zero-order valence-corrected chi connectivity index (χ0v) is 8.21. The first-order valence-corrected chi connectivity index (χ1v) is 4.51. The van der Waals surface area contributed by atoms with Crippen LogP contribution >= 0.6 is 0 Å². The first-order valence-electron chi connectivity index (χ1n) is 4.51. The molecular formula is C10F2O6. The molecular weight excluding hydrogens is 254 g/mol. The van der Waals surface area contributed by atoms with Crippen LogP contribution in [0.4, 0.5) is 8.78 Å². The Morgan fingerprint density at radius 1 is 0.556 bits per heavy atom. The van der Waals surface area contributed by atoms with Gasteiger partial charge in [-0.3, -0.25) is 0 Å². The van der Waals surface area contributed by atoms with Crippen molar-refractivity contribution in [3.63, 3.8) is 0 Å². The van der Waals surface area contributed by atoms with Crippen LogP contribution in [0.1, 0.15) is 0 Å². The lowest BCUT2D eigenvalue weighted by molar-refractivity contribution is 0.492. The maximum absolute atomic E-state index is 13.8. The van der Waals surface area contributed by atoms with E-state index in [9.17, 15) is 28.0 Å². The van der Waals surface area contributed by atoms with Gasteiger partial charge in [0, 0.05) is 0 Å². The molecule has 0 radical (unpaired) electrons. The van der Waals surface area contributed by atoms with Crippen LogP contribution in [-0.4, -0.2) is 0 Å². The van der Waals surface area contributed by atoms with Gasteiger partial charge >= 0.3 is 22.5 Å². The number of furan rings is 2. The minimum Gasteiger partial charge on any atom is -0.385 e. The molecule has 2 aromatic heterocycles. The average Bonchev–Trinajstić information content (AvgIpc) is 2.73. The van der Waals surface area contributed by atoms with E-state index in [0.29, 0.717) is 0 Å². The third kappa shape index (κ3) is 0.992. The van der Waals surface area contributed by atoms with Gasteiger partial charge in [-0.25, -0.2) is 28.0 Å². The number of benzene rings is 1. The Hall–Kier alpha value is -2.64. The molecule has 0 aliphatic heterocycles. The third-order valence-corrected chi connectivity index (χ3v) is 2.57. The number of hydrogen-bond donors (Lipinski definition) is 0. The number of halogens is 2. The van der Waals surface area contributed by atoms with E-state index in [1.54, 1.807) is 0 Å². The van der Waals surface area contributed by atoms with E-state index in [2.05, 4.69) is 8.83 Å². The molecule has 0 aliphatic rings. The van der Waals surface area contributed by atoms with E-state index in [4.69, 9.17) is 0 Å². The fourth-order valence-corrected chi connectivity index (χ4v) is 1.83. The van der Waals surface area contributed by atoms with Gasteiger partial charge in [-0.1, -0.05) is 0 Å². The summed E-state index contributed by atoms with van der Waals surface area (Å²) in [5, 5.41) is -3.99. The van der Waals surface area contributed by atoms with Gasteiger partial charge in [-0.05, 0) is 0 Å². The second-order valence-corrected chi connectivity index (χ2v) is 3.48. The minimum atomic E-state index is -1.49. The van der Waals surface area contributed by atoms with Crippen molar-refractivity contribution >= 4 is 21.5 Å². The second-order valence-electron chi connectivity index (χ2n) is 3.48. The Balaban J connectivity index is 2.94. The van der Waals surface area contributed by atoms with Crippen LogP contribution in [0.5, 0.6) is 0 Å². The van der Waals surface area contributed by atoms with Gasteiger partial charge in [-0.2, -0.15) is 0 Å². The fraction of sp³-hybridized carbons (Fsp3) is 0. The molecule has 2 heterocycles. The third-order valence-electron chi connectivity index (χ3n) is 2.57. The average molecular weight is 254 g/mol. The maximum atomic E-state index is 13.8. The second kappa shape index (κ2) is 2.97. The van der Waals surface area contributed by atoms with Crippen LogP contribution < -0.4 is 22.5 Å². The van der Waals surface area contributed by atoms with Crippen molar-refractivity contribution in [3.05, 3.63) is 53.3 Å². The van der Waals surface area contributed by atoms with Crippen LogP contribution in [-0.2, 0) is 0 Å². The summed E-state index contributed by atoms with van der Waals surface area (Å²) in [6.07, 6.45) is 0. The molecule has 0 aliphatic carbocycles. The molecule has 8 heteroatoms. The van der Waals surface area contributed by atoms with Crippen molar-refractivity contribution in [2.24, 2.45) is 0 Å². The number of rotatable bonds is 0. The first-order chi connectivity index (χ1) is 8.43. The topological polar surface area (TPSA) is 94.6 Å². The highest BCUT2D eigenvalue weighted by atomic mass is 19.1. The molecule has 0 unspecified atom stereocenters. The lowest BCUT2D eigenvalue weighted by atomic mass is 10.1. The molecule has 0 spiro atoms. The van der Waals surface area contributed by atoms with Crippen molar-refractivity contribution in [2.75, 3.05) is 0 Å². The first kappa shape index (κ1) is 10.5. The molecule has 0 atom stereocenters. The zero-order chi connectivity index (χ0) is 13.2. The highest BCUT2D eigenvalue weighted by Crippen LogP contribution is 2.23. The van der Waals surface area contributed by atoms with Crippen LogP contribution in [0.15, 0.2) is 28.0 Å². The summed E-state index contributed by atoms with van der Waals surface area (Å²) >= 11 is 0. The van der Waals surface area contributed by atoms with E-state index < -0.39 is 55.7 Å². The Labute approximate surface area is 93.4 Å². The Kier molecular flexibility index (Phi) is 1.74. The van der Waals surface area contributed by atoms with E-state index in [-0.39, 0.29) is 0 Å². The van der Waals surface area contributed by atoms with E-state index in [1.165, 1.54) is 0 Å². The Morgan fingerprint density at radius 2 is 0.778 bits per heavy atom. The number of fused-ring (bicyclic) bond motifs is 2. The molecule has 3 rings (SSSR count). The van der Waals surface area contributed by atoms with Gasteiger partial charge < -0.3 is 8.83 Å². The lowest BCUT2D eigenvalue weighted by Crippen LogP contribution is -2.02. The predicted molar refractivity (Wildman–Crippen MR) is 53.4 cm³/mol. The van der Waals surface area contributed by atoms with Crippen molar-refractivity contribution in [1.82, 2.24) is 0 Å². The standard InChI is InChI=1S/C10F2O6/c11-5-1-2(8(14)17-7(1)13)6(12)4-3(5)9(15)18-10(4)16. The van der Waals surface area contributed by atoms with Crippen molar-refractivity contribution < 1.29 is 17.6 Å². The van der Waals surface area contributed by atoms with Crippen LogP contribution in [0.3, 0.4) is 0 Å². The summed E-state index contributed by atoms with van der Waals surface area (Å²) in [7, 11) is 0. The predicted octanol–water partition coefficient (Wildman–Crippen LogP) is -0.226. The van der Waals surface area contributed by atoms with Crippen molar-refractivity contribution in [2.45, 2.75) is 0 Å². The van der Waals surface area contributed by atoms with Crippen LogP contribution in [0.25, 0.3) is 21.5 Å². The van der Waals surface area contributed by atoms with Gasteiger partial charge in [0.15, 0.2) is 11.6 Å². The van der Waals surface area contributed by atoms with Gasteiger partial charge in [0.2, 0.25) is 0 Å². The maximum Gasteiger partial charge on any atom is 0.350 e. The lowest BCUT2D eigenvalue weighted by Gasteiger charge is -1.93. The van der Waals surface area contributed by atoms with Crippen molar-refractivity contribution in [1.29, 1.82) is 0 Å². The molecule has 0 N–H and O–H groups in total. The summed E-state index contributed by atoms with van der Waals surface area (Å²) in [5.74, 6) is -2.98. The molecule has 0 amide bonds. The van der Waals surface area contributed by atoms with Gasteiger partial charge in [0.05, 0.1) is 0 Å². The highest BCUT2D eigenvalue weighted by Gasteiger charge is 2.27. The summed E-state index contributed by atoms with van der Waals surface area (Å²) in [4.78, 5) is 44.6. The number of hydrogen-bond acceptors (Lipinski definition) is 6. The van der Waals surface area contributed by atoms with Crippen molar-refractivity contribution in [3.8, 4) is 0 Å². The normalized spacial score (nSPS) is 11.7. The molecule has 1 aromatic carbocycles. The Bertz CT molecular complexity index is 857. The van der Waals surface area contributed by atoms with E-state index >= 15 is 0 Å². The van der Waals surface area contributed by atoms with Crippen LogP contribution in [0, 0.1) is 11.6 Å². The molecule has 6 nitrogen and oxygen atoms in total. The van der Waals surface area contributed by atoms with Gasteiger partial charge in [0.1, 0.15) is 21.5 Å². The SMILES string of the molecule is O=c1oc(=O)c2c(F)c3c(=O)oc(=O)c3c(F)c12. The van der Waals surface area contributed by atoms with Crippen LogP contribution in [0.2, 0.25) is 0 Å². The monoisotopic (exact) mass is 254 g/mol. The summed E-state index contributed by atoms with van der Waals surface area (Å²) < 4.78 is 35.7. The molecule has 0 saturated heterocycles. The molecule has 18 heavy (non-hydrogen) atoms. The fourth-order valence-electron chi connectivity index (χ4n) is 1.83. The quantitative estimate of drug-likeness (QED) is 0.550. The summed E-state index contributed by atoms with van der Waals surface area (Å²) in [6, 6.07) is 0. The van der Waals surface area contributed by atoms with Gasteiger partial charge in [0.25, 0.3) is 0 Å². The van der Waals surface area contributed by atoms with Gasteiger partial charge in [-0.15, -0.1) is 0 Å². The zero-order valence-electron chi connectivity index (χ0n) is 8.21. The van der Waals surface area contributed by atoms with E-state index in [1.807, 2.05) is 0 Å². The summed E-state index contributed by atoms with van der Waals surface area (Å²) in [6.45, 7) is 0. The van der Waals surface area contributed by atoms with E-state index in [0.717, 1.165) is 0 Å². The molecule has 90 valence electrons. The summed E-state index contributed by atoms with van der Waals surface area (Å²) in [5.41, 5.74) is -5.66. The molecule has 0 fully saturated rings. The smallest absolute Gasteiger partial charge is 0.350 e. The molecule has 0 saturated carbocycles. The molecule has 3 aromatic rings. The minimum absolute atomic E-state index is 0.997. The molecule has 0 bridgehead atoms. The highest BCUT2D eigenvalue weighted by molar-refractivity contribution is 5.98. The largest absolute Gasteiger partial charge is 0.385 e. The Morgan fingerprint density at radius 3 is 1.00 bits per heavy atom.